The number of carboxylic acids is 2. The number of esters is 2. The van der Waals surface area contributed by atoms with Crippen LogP contribution in [0, 0.1) is 11.8 Å². The summed E-state index contributed by atoms with van der Waals surface area (Å²) in [5.74, 6) is -6.95. The van der Waals surface area contributed by atoms with Crippen LogP contribution < -0.4 is 0 Å². The zero-order valence-electron chi connectivity index (χ0n) is 12.3. The molecule has 0 aromatic heterocycles. The van der Waals surface area contributed by atoms with Crippen molar-refractivity contribution < 1.29 is 38.9 Å². The molecule has 0 heterocycles. The molecule has 122 valence electrons. The summed E-state index contributed by atoms with van der Waals surface area (Å²) < 4.78 is 10.5. The van der Waals surface area contributed by atoms with E-state index >= 15 is 0 Å². The van der Waals surface area contributed by atoms with E-state index in [1.807, 2.05) is 0 Å². The van der Waals surface area contributed by atoms with Crippen LogP contribution in [0.3, 0.4) is 0 Å². The lowest BCUT2D eigenvalue weighted by molar-refractivity contribution is -0.244. The van der Waals surface area contributed by atoms with E-state index in [4.69, 9.17) is 9.47 Å². The van der Waals surface area contributed by atoms with Gasteiger partial charge >= 0.3 is 23.9 Å². The molecule has 3 fully saturated rings. The molecule has 2 atom stereocenters. The molecule has 2 N–H and O–H groups in total. The molecule has 2 unspecified atom stereocenters. The number of hydrogen-bond donors (Lipinski definition) is 2. The van der Waals surface area contributed by atoms with Gasteiger partial charge in [-0.25, -0.2) is 0 Å². The second-order valence-electron chi connectivity index (χ2n) is 5.95. The van der Waals surface area contributed by atoms with Crippen LogP contribution in [-0.4, -0.2) is 45.3 Å². The normalized spacial score (nSPS) is 36.5. The van der Waals surface area contributed by atoms with Crippen LogP contribution in [-0.2, 0) is 28.7 Å². The SMILES string of the molecule is CC(=O)OC12CCC(OC(C)=O)(CC1)C(C(=O)O)C2C(=O)O. The average Bonchev–Trinajstić information content (AvgIpc) is 2.36. The summed E-state index contributed by atoms with van der Waals surface area (Å²) in [6.45, 7) is 2.32. The monoisotopic (exact) mass is 314 g/mol. The molecule has 8 heteroatoms. The van der Waals surface area contributed by atoms with Crippen molar-refractivity contribution in [1.82, 2.24) is 0 Å². The van der Waals surface area contributed by atoms with Gasteiger partial charge in [-0.1, -0.05) is 0 Å². The molecule has 0 aromatic rings. The van der Waals surface area contributed by atoms with Crippen LogP contribution in [0.25, 0.3) is 0 Å². The Kier molecular flexibility index (Phi) is 3.88. The molecule has 0 saturated heterocycles. The molecule has 22 heavy (non-hydrogen) atoms. The molecule has 0 spiro atoms. The molecule has 3 aliphatic rings. The zero-order chi connectivity index (χ0) is 16.7. The molecule has 0 aromatic carbocycles. The Balaban J connectivity index is 2.51. The minimum Gasteiger partial charge on any atom is -0.481 e. The zero-order valence-corrected chi connectivity index (χ0v) is 12.3. The van der Waals surface area contributed by atoms with Crippen LogP contribution in [0.1, 0.15) is 39.5 Å². The highest BCUT2D eigenvalue weighted by molar-refractivity contribution is 5.84. The van der Waals surface area contributed by atoms with Gasteiger partial charge in [0.25, 0.3) is 0 Å². The summed E-state index contributed by atoms with van der Waals surface area (Å²) in [4.78, 5) is 46.1. The predicted molar refractivity (Wildman–Crippen MR) is 69.7 cm³/mol. The van der Waals surface area contributed by atoms with Crippen LogP contribution in [0.2, 0.25) is 0 Å². The quantitative estimate of drug-likeness (QED) is 0.721. The number of carbonyl (C=O) groups is 4. The third kappa shape index (κ3) is 2.42. The number of fused-ring (bicyclic) bond motifs is 3. The summed E-state index contributed by atoms with van der Waals surface area (Å²) in [5.41, 5.74) is -2.72. The van der Waals surface area contributed by atoms with Gasteiger partial charge in [-0.05, 0) is 25.7 Å². The Hall–Kier alpha value is -2.12. The Morgan fingerprint density at radius 2 is 1.05 bits per heavy atom. The highest BCUT2D eigenvalue weighted by atomic mass is 16.6. The standard InChI is InChI=1S/C14H18O8/c1-7(15)21-13-3-5-14(6-4-13,22-8(2)16)10(12(19)20)9(13)11(17)18/h9-10H,3-6H2,1-2H3,(H,17,18)(H,19,20). The third-order valence-electron chi connectivity index (χ3n) is 4.64. The molecule has 3 saturated carbocycles. The van der Waals surface area contributed by atoms with Gasteiger partial charge in [0.1, 0.15) is 23.0 Å². The first kappa shape index (κ1) is 16.3. The first-order valence-corrected chi connectivity index (χ1v) is 6.98. The predicted octanol–water partition coefficient (Wildman–Crippen LogP) is 0.579. The number of carbonyl (C=O) groups excluding carboxylic acids is 2. The van der Waals surface area contributed by atoms with Gasteiger partial charge in [-0.15, -0.1) is 0 Å². The average molecular weight is 314 g/mol. The Morgan fingerprint density at radius 3 is 1.23 bits per heavy atom. The largest absolute Gasteiger partial charge is 0.481 e. The number of ether oxygens (including phenoxy) is 2. The maximum absolute atomic E-state index is 11.7. The lowest BCUT2D eigenvalue weighted by atomic mass is 9.53. The van der Waals surface area contributed by atoms with Crippen LogP contribution in [0.15, 0.2) is 0 Å². The van der Waals surface area contributed by atoms with E-state index in [-0.39, 0.29) is 25.7 Å². The smallest absolute Gasteiger partial charge is 0.311 e. The Labute approximate surface area is 126 Å². The molecular weight excluding hydrogens is 296 g/mol. The van der Waals surface area contributed by atoms with Gasteiger partial charge in [0, 0.05) is 13.8 Å². The molecule has 8 nitrogen and oxygen atoms in total. The second kappa shape index (κ2) is 5.26. The first-order chi connectivity index (χ1) is 10.1. The van der Waals surface area contributed by atoms with Gasteiger partial charge < -0.3 is 19.7 Å². The minimum absolute atomic E-state index is 0.153. The van der Waals surface area contributed by atoms with Crippen molar-refractivity contribution in [2.75, 3.05) is 0 Å². The van der Waals surface area contributed by atoms with Crippen molar-refractivity contribution in [3.63, 3.8) is 0 Å². The van der Waals surface area contributed by atoms with E-state index in [0.717, 1.165) is 13.8 Å². The van der Waals surface area contributed by atoms with Crippen molar-refractivity contribution in [3.8, 4) is 0 Å². The van der Waals surface area contributed by atoms with Crippen molar-refractivity contribution in [1.29, 1.82) is 0 Å². The minimum atomic E-state index is -1.45. The number of aliphatic carboxylic acids is 2. The summed E-state index contributed by atoms with van der Waals surface area (Å²) in [6, 6.07) is 0. The van der Waals surface area contributed by atoms with E-state index in [0.29, 0.717) is 0 Å². The molecule has 0 aliphatic heterocycles. The van der Waals surface area contributed by atoms with Gasteiger partial charge in [0.15, 0.2) is 0 Å². The molecule has 2 bridgehead atoms. The topological polar surface area (TPSA) is 127 Å². The van der Waals surface area contributed by atoms with Crippen LogP contribution >= 0.6 is 0 Å². The van der Waals surface area contributed by atoms with Crippen LogP contribution in [0.4, 0.5) is 0 Å². The summed E-state index contributed by atoms with van der Waals surface area (Å²) >= 11 is 0. The summed E-state index contributed by atoms with van der Waals surface area (Å²) in [5, 5.41) is 19.0. The maximum atomic E-state index is 11.7. The fourth-order valence-electron chi connectivity index (χ4n) is 3.96. The van der Waals surface area contributed by atoms with Gasteiger partial charge in [0.05, 0.1) is 0 Å². The Bertz CT molecular complexity index is 481. The van der Waals surface area contributed by atoms with E-state index in [1.165, 1.54) is 0 Å². The third-order valence-corrected chi connectivity index (χ3v) is 4.64. The fraction of sp³-hybridized carbons (Fsp3) is 0.714. The molecular formula is C14H18O8. The van der Waals surface area contributed by atoms with Gasteiger partial charge in [0.2, 0.25) is 0 Å². The van der Waals surface area contributed by atoms with E-state index in [9.17, 15) is 29.4 Å². The second-order valence-corrected chi connectivity index (χ2v) is 5.95. The first-order valence-electron chi connectivity index (χ1n) is 6.98. The highest BCUT2D eigenvalue weighted by Gasteiger charge is 2.69. The van der Waals surface area contributed by atoms with Crippen LogP contribution in [0.5, 0.6) is 0 Å². The molecule has 0 amide bonds. The van der Waals surface area contributed by atoms with Gasteiger partial charge in [-0.2, -0.15) is 0 Å². The molecule has 3 aliphatic carbocycles. The van der Waals surface area contributed by atoms with Crippen molar-refractivity contribution in [3.05, 3.63) is 0 Å². The fourth-order valence-corrected chi connectivity index (χ4v) is 3.96. The number of hydrogen-bond acceptors (Lipinski definition) is 6. The number of carboxylic acid groups (broad SMARTS) is 2. The summed E-state index contributed by atoms with van der Waals surface area (Å²) in [6.07, 6.45) is 0.614. The van der Waals surface area contributed by atoms with E-state index in [1.54, 1.807) is 0 Å². The Morgan fingerprint density at radius 1 is 0.773 bits per heavy atom. The lowest BCUT2D eigenvalue weighted by Crippen LogP contribution is -2.68. The number of rotatable bonds is 4. The van der Waals surface area contributed by atoms with E-state index < -0.39 is 46.9 Å². The van der Waals surface area contributed by atoms with Crippen molar-refractivity contribution >= 4 is 23.9 Å². The van der Waals surface area contributed by atoms with E-state index in [2.05, 4.69) is 0 Å². The van der Waals surface area contributed by atoms with Crippen molar-refractivity contribution in [2.24, 2.45) is 11.8 Å². The molecule has 3 rings (SSSR count). The maximum Gasteiger partial charge on any atom is 0.311 e. The highest BCUT2D eigenvalue weighted by Crippen LogP contribution is 2.57. The lowest BCUT2D eigenvalue weighted by Gasteiger charge is -2.57. The van der Waals surface area contributed by atoms with Gasteiger partial charge in [-0.3, -0.25) is 19.2 Å². The van der Waals surface area contributed by atoms with Crippen molar-refractivity contribution in [2.45, 2.75) is 50.7 Å². The molecule has 0 radical (unpaired) electrons. The summed E-state index contributed by atoms with van der Waals surface area (Å²) in [7, 11) is 0.